The number of carbonyl (C=O) groups excluding carboxylic acids is 1. The molecule has 1 amide bonds. The monoisotopic (exact) mass is 445 g/mol. The van der Waals surface area contributed by atoms with Gasteiger partial charge in [0.15, 0.2) is 21.3 Å². The average Bonchev–Trinajstić information content (AvgIpc) is 3.10. The molecule has 0 unspecified atom stereocenters. The molecule has 3 rings (SSSR count). The zero-order valence-corrected chi connectivity index (χ0v) is 18.7. The van der Waals surface area contributed by atoms with Crippen molar-refractivity contribution in [2.75, 3.05) is 30.5 Å². The molecule has 2 aromatic rings. The highest BCUT2D eigenvalue weighted by molar-refractivity contribution is 7.94. The predicted octanol–water partition coefficient (Wildman–Crippen LogP) is 3.84. The predicted molar refractivity (Wildman–Crippen MR) is 120 cm³/mol. The van der Waals surface area contributed by atoms with Crippen molar-refractivity contribution < 1.29 is 27.4 Å². The Morgan fingerprint density at radius 3 is 2.16 bits per heavy atom. The van der Waals surface area contributed by atoms with Crippen LogP contribution in [0.1, 0.15) is 31.1 Å². The Kier molecular flexibility index (Phi) is 7.22. The third-order valence-corrected chi connectivity index (χ3v) is 6.06. The van der Waals surface area contributed by atoms with Crippen LogP contribution in [0.15, 0.2) is 53.9 Å². The lowest BCUT2D eigenvalue weighted by atomic mass is 10.1. The van der Waals surface area contributed by atoms with Gasteiger partial charge >= 0.3 is 0 Å². The molecular formula is C23H27NO6S. The first-order valence-electron chi connectivity index (χ1n) is 10.3. The number of hydrogen-bond donors (Lipinski definition) is 0. The van der Waals surface area contributed by atoms with E-state index in [9.17, 15) is 13.2 Å². The van der Waals surface area contributed by atoms with Crippen molar-refractivity contribution in [2.45, 2.75) is 26.8 Å². The van der Waals surface area contributed by atoms with Gasteiger partial charge in [-0.3, -0.25) is 4.79 Å². The number of ether oxygens (including phenoxy) is 3. The number of hydrogen-bond acceptors (Lipinski definition) is 6. The molecule has 1 aliphatic rings. The standard InChI is InChI=1S/C23H27NO6S/c1-4-28-20-10-8-18(9-11-20)24(19-13-14-31(26,27)16-19)23(25)17-7-12-21(29-5-2)22(15-17)30-6-3/h7-15,19H,4-6,16H2,1-3H3/t19-/m1/s1. The fourth-order valence-corrected chi connectivity index (χ4v) is 4.64. The number of benzene rings is 2. The van der Waals surface area contributed by atoms with Crippen molar-refractivity contribution >= 4 is 21.4 Å². The van der Waals surface area contributed by atoms with Gasteiger partial charge < -0.3 is 19.1 Å². The maximum absolute atomic E-state index is 13.5. The van der Waals surface area contributed by atoms with E-state index in [1.807, 2.05) is 20.8 Å². The zero-order valence-electron chi connectivity index (χ0n) is 17.9. The summed E-state index contributed by atoms with van der Waals surface area (Å²) in [6, 6.07) is 11.4. The van der Waals surface area contributed by atoms with Gasteiger partial charge in [0, 0.05) is 16.7 Å². The van der Waals surface area contributed by atoms with Gasteiger partial charge in [-0.25, -0.2) is 8.42 Å². The van der Waals surface area contributed by atoms with Crippen molar-refractivity contribution in [1.29, 1.82) is 0 Å². The van der Waals surface area contributed by atoms with Crippen molar-refractivity contribution in [3.8, 4) is 17.2 Å². The second-order valence-corrected chi connectivity index (χ2v) is 8.79. The van der Waals surface area contributed by atoms with Gasteiger partial charge in [0.2, 0.25) is 0 Å². The van der Waals surface area contributed by atoms with Crippen molar-refractivity contribution in [1.82, 2.24) is 0 Å². The Labute approximate surface area is 183 Å². The SMILES string of the molecule is CCOc1ccc(N(C(=O)c2ccc(OCC)c(OCC)c2)[C@@H]2C=CS(=O)(=O)C2)cc1. The van der Waals surface area contributed by atoms with Crippen LogP contribution in [0, 0.1) is 0 Å². The van der Waals surface area contributed by atoms with Crippen LogP contribution in [0.3, 0.4) is 0 Å². The van der Waals surface area contributed by atoms with Gasteiger partial charge in [0.25, 0.3) is 5.91 Å². The Hall–Kier alpha value is -3.00. The number of rotatable bonds is 9. The summed E-state index contributed by atoms with van der Waals surface area (Å²) in [4.78, 5) is 15.0. The summed E-state index contributed by atoms with van der Waals surface area (Å²) in [6.45, 7) is 7.03. The van der Waals surface area contributed by atoms with E-state index in [1.165, 1.54) is 4.90 Å². The van der Waals surface area contributed by atoms with Crippen LogP contribution >= 0.6 is 0 Å². The summed E-state index contributed by atoms with van der Waals surface area (Å²) in [6.07, 6.45) is 1.54. The van der Waals surface area contributed by atoms with Gasteiger partial charge in [-0.2, -0.15) is 0 Å². The minimum atomic E-state index is -3.36. The molecule has 0 N–H and O–H groups in total. The first-order valence-corrected chi connectivity index (χ1v) is 12.0. The molecule has 0 aliphatic carbocycles. The summed E-state index contributed by atoms with van der Waals surface area (Å²) in [5.74, 6) is 1.20. The topological polar surface area (TPSA) is 82.1 Å². The third-order valence-electron chi connectivity index (χ3n) is 4.68. The van der Waals surface area contributed by atoms with E-state index in [0.29, 0.717) is 48.3 Å². The third kappa shape index (κ3) is 5.38. The van der Waals surface area contributed by atoms with E-state index in [0.717, 1.165) is 5.41 Å². The van der Waals surface area contributed by atoms with Gasteiger partial charge in [0.1, 0.15) is 5.75 Å². The molecular weight excluding hydrogens is 418 g/mol. The van der Waals surface area contributed by atoms with Crippen LogP contribution in [0.2, 0.25) is 0 Å². The lowest BCUT2D eigenvalue weighted by Crippen LogP contribution is -2.41. The Morgan fingerprint density at radius 1 is 0.935 bits per heavy atom. The lowest BCUT2D eigenvalue weighted by Gasteiger charge is -2.28. The fourth-order valence-electron chi connectivity index (χ4n) is 3.37. The van der Waals surface area contributed by atoms with Gasteiger partial charge in [-0.05, 0) is 69.3 Å². The smallest absolute Gasteiger partial charge is 0.258 e. The number of amides is 1. The summed E-state index contributed by atoms with van der Waals surface area (Å²) in [7, 11) is -3.36. The van der Waals surface area contributed by atoms with Crippen LogP contribution in [-0.2, 0) is 9.84 Å². The molecule has 1 atom stereocenters. The largest absolute Gasteiger partial charge is 0.494 e. The average molecular weight is 446 g/mol. The van der Waals surface area contributed by atoms with Crippen molar-refractivity contribution in [2.24, 2.45) is 0 Å². The molecule has 166 valence electrons. The first-order chi connectivity index (χ1) is 14.9. The van der Waals surface area contributed by atoms with E-state index >= 15 is 0 Å². The molecule has 0 fully saturated rings. The second-order valence-electron chi connectivity index (χ2n) is 6.86. The summed E-state index contributed by atoms with van der Waals surface area (Å²) in [5, 5.41) is 1.16. The Morgan fingerprint density at radius 2 is 1.58 bits per heavy atom. The van der Waals surface area contributed by atoms with E-state index in [1.54, 1.807) is 48.5 Å². The van der Waals surface area contributed by atoms with Crippen LogP contribution < -0.4 is 19.1 Å². The van der Waals surface area contributed by atoms with E-state index in [-0.39, 0.29) is 11.7 Å². The molecule has 2 aromatic carbocycles. The number of anilines is 1. The molecule has 0 spiro atoms. The first kappa shape index (κ1) is 22.7. The number of sulfone groups is 1. The second kappa shape index (κ2) is 9.87. The van der Waals surface area contributed by atoms with Gasteiger partial charge in [0.05, 0.1) is 31.6 Å². The quantitative estimate of drug-likeness (QED) is 0.583. The van der Waals surface area contributed by atoms with Gasteiger partial charge in [-0.15, -0.1) is 0 Å². The van der Waals surface area contributed by atoms with Crippen LogP contribution in [0.4, 0.5) is 5.69 Å². The number of nitrogens with zero attached hydrogens (tertiary/aromatic N) is 1. The highest BCUT2D eigenvalue weighted by Crippen LogP contribution is 2.32. The molecule has 0 saturated carbocycles. The van der Waals surface area contributed by atoms with Gasteiger partial charge in [-0.1, -0.05) is 0 Å². The van der Waals surface area contributed by atoms with E-state index < -0.39 is 15.9 Å². The normalized spacial score (nSPS) is 16.7. The Balaban J connectivity index is 2.00. The molecule has 7 nitrogen and oxygen atoms in total. The summed E-state index contributed by atoms with van der Waals surface area (Å²) >= 11 is 0. The molecule has 1 aliphatic heterocycles. The molecule has 8 heteroatoms. The number of carbonyl (C=O) groups is 1. The maximum Gasteiger partial charge on any atom is 0.258 e. The summed E-state index contributed by atoms with van der Waals surface area (Å²) < 4.78 is 40.8. The van der Waals surface area contributed by atoms with Crippen LogP contribution in [0.25, 0.3) is 0 Å². The highest BCUT2D eigenvalue weighted by Gasteiger charge is 2.32. The molecule has 31 heavy (non-hydrogen) atoms. The summed E-state index contributed by atoms with van der Waals surface area (Å²) in [5.41, 5.74) is 0.950. The lowest BCUT2D eigenvalue weighted by molar-refractivity contribution is 0.0982. The fraction of sp³-hybridized carbons (Fsp3) is 0.348. The molecule has 1 heterocycles. The molecule has 0 saturated heterocycles. The highest BCUT2D eigenvalue weighted by atomic mass is 32.2. The molecule has 0 aromatic heterocycles. The minimum Gasteiger partial charge on any atom is -0.494 e. The van der Waals surface area contributed by atoms with Crippen LogP contribution in [-0.4, -0.2) is 45.9 Å². The van der Waals surface area contributed by atoms with Crippen molar-refractivity contribution in [3.05, 3.63) is 59.5 Å². The zero-order chi connectivity index (χ0) is 22.4. The molecule has 0 bridgehead atoms. The maximum atomic E-state index is 13.5. The molecule has 0 radical (unpaired) electrons. The van der Waals surface area contributed by atoms with Crippen LogP contribution in [0.5, 0.6) is 17.2 Å². The Bertz CT molecular complexity index is 1050. The van der Waals surface area contributed by atoms with E-state index in [2.05, 4.69) is 0 Å². The van der Waals surface area contributed by atoms with E-state index in [4.69, 9.17) is 14.2 Å². The minimum absolute atomic E-state index is 0.165. The van der Waals surface area contributed by atoms with Crippen molar-refractivity contribution in [3.63, 3.8) is 0 Å².